The van der Waals surface area contributed by atoms with Crippen LogP contribution in [-0.2, 0) is 14.9 Å². The van der Waals surface area contributed by atoms with E-state index in [1.807, 2.05) is 120 Å². The maximum absolute atomic E-state index is 12.6. The number of nitrogen functional groups attached to an aromatic ring is 1. The third-order valence-corrected chi connectivity index (χ3v) is 9.86. The van der Waals surface area contributed by atoms with E-state index in [0.29, 0.717) is 40.6 Å². The third-order valence-electron chi connectivity index (χ3n) is 9.86. The zero-order valence-electron chi connectivity index (χ0n) is 36.5. The molecule has 2 heterocycles. The molecular weight excluding hydrogens is 801 g/mol. The zero-order chi connectivity index (χ0) is 45.1. The Morgan fingerprint density at radius 1 is 0.698 bits per heavy atom. The molecule has 6 aromatic carbocycles. The highest BCUT2D eigenvalue weighted by molar-refractivity contribution is 6.07. The highest BCUT2D eigenvalue weighted by Crippen LogP contribution is 2.33. The van der Waals surface area contributed by atoms with Crippen LogP contribution in [-0.4, -0.2) is 77.4 Å². The van der Waals surface area contributed by atoms with Crippen molar-refractivity contribution in [2.45, 2.75) is 52.6 Å². The summed E-state index contributed by atoms with van der Waals surface area (Å²) in [4.78, 5) is 26.7. The third kappa shape index (κ3) is 12.5. The minimum atomic E-state index is -0.545. The van der Waals surface area contributed by atoms with Crippen LogP contribution in [0.3, 0.4) is 0 Å². The Bertz CT molecular complexity index is 2620. The predicted molar refractivity (Wildman–Crippen MR) is 250 cm³/mol. The number of aromatic nitrogens is 1. The highest BCUT2D eigenvalue weighted by Gasteiger charge is 2.21. The van der Waals surface area contributed by atoms with Gasteiger partial charge in [-0.2, -0.15) is 0 Å². The number of nitrogens with zero attached hydrogens (tertiary/aromatic N) is 2. The summed E-state index contributed by atoms with van der Waals surface area (Å²) >= 11 is 0. The fourth-order valence-corrected chi connectivity index (χ4v) is 6.69. The second kappa shape index (κ2) is 20.2. The van der Waals surface area contributed by atoms with Crippen molar-refractivity contribution in [2.24, 2.45) is 0 Å². The number of phenolic OH excluding ortho intramolecular Hbond substituents is 2. The minimum absolute atomic E-state index is 0.183. The van der Waals surface area contributed by atoms with Crippen LogP contribution in [0.1, 0.15) is 47.3 Å². The molecule has 7 N–H and O–H groups in total. The number of urea groups is 1. The molecule has 1 fully saturated rings. The molecule has 0 aliphatic carbocycles. The molecule has 0 atom stereocenters. The van der Waals surface area contributed by atoms with Crippen LogP contribution < -0.4 is 26.4 Å². The Balaban J connectivity index is 0.000000179. The Labute approximate surface area is 366 Å². The molecule has 0 saturated carbocycles. The van der Waals surface area contributed by atoms with Crippen LogP contribution >= 0.6 is 0 Å². The number of hydrogen-bond acceptors (Lipinski definition) is 11. The van der Waals surface area contributed by atoms with Gasteiger partial charge >= 0.3 is 12.1 Å². The fourth-order valence-electron chi connectivity index (χ4n) is 6.69. The number of nitrogens with one attached hydrogen (secondary N) is 3. The van der Waals surface area contributed by atoms with Gasteiger partial charge in [0.1, 0.15) is 35.2 Å². The summed E-state index contributed by atoms with van der Waals surface area (Å²) < 4.78 is 22.0. The number of morpholine rings is 1. The molecule has 63 heavy (non-hydrogen) atoms. The van der Waals surface area contributed by atoms with E-state index in [1.54, 1.807) is 36.4 Å². The van der Waals surface area contributed by atoms with E-state index < -0.39 is 11.7 Å². The molecule has 1 aliphatic heterocycles. The molecule has 1 aliphatic rings. The average molecular weight is 857 g/mol. The number of carbonyl (C=O) groups is 2. The van der Waals surface area contributed by atoms with E-state index in [9.17, 15) is 19.8 Å². The van der Waals surface area contributed by atoms with Gasteiger partial charge in [0.15, 0.2) is 5.82 Å². The van der Waals surface area contributed by atoms with Gasteiger partial charge in [-0.1, -0.05) is 98.7 Å². The fraction of sp³-hybridized carbons (Fsp3) is 0.286. The van der Waals surface area contributed by atoms with Gasteiger partial charge in [-0.15, -0.1) is 0 Å². The second-order valence-electron chi connectivity index (χ2n) is 16.9. The average Bonchev–Trinajstić information content (AvgIpc) is 3.74. The van der Waals surface area contributed by atoms with Crippen LogP contribution in [0.5, 0.6) is 17.2 Å². The predicted octanol–water partition coefficient (Wildman–Crippen LogP) is 10.5. The Morgan fingerprint density at radius 3 is 1.84 bits per heavy atom. The van der Waals surface area contributed by atoms with Crippen molar-refractivity contribution in [3.05, 3.63) is 121 Å². The van der Waals surface area contributed by atoms with Crippen LogP contribution in [0.15, 0.2) is 120 Å². The molecule has 1 saturated heterocycles. The van der Waals surface area contributed by atoms with E-state index in [-0.39, 0.29) is 22.9 Å². The Hall–Kier alpha value is -7.03. The lowest BCUT2D eigenvalue weighted by Crippen LogP contribution is -2.38. The van der Waals surface area contributed by atoms with Crippen molar-refractivity contribution < 1.29 is 38.5 Å². The molecule has 14 nitrogen and oxygen atoms in total. The van der Waals surface area contributed by atoms with Gasteiger partial charge in [0.2, 0.25) is 0 Å². The molecule has 7 aromatic rings. The Morgan fingerprint density at radius 2 is 1.24 bits per heavy atom. The molecule has 0 bridgehead atoms. The lowest BCUT2D eigenvalue weighted by molar-refractivity contribution is 0.0323. The molecule has 8 rings (SSSR count). The number of amides is 3. The number of fused-ring (bicyclic) bond motifs is 3. The molecule has 0 spiro atoms. The highest BCUT2D eigenvalue weighted by atomic mass is 16.6. The van der Waals surface area contributed by atoms with E-state index >= 15 is 0 Å². The maximum Gasteiger partial charge on any atom is 0.412 e. The first-order valence-corrected chi connectivity index (χ1v) is 20.7. The van der Waals surface area contributed by atoms with Gasteiger partial charge < -0.3 is 40.0 Å². The van der Waals surface area contributed by atoms with E-state index in [1.165, 1.54) is 0 Å². The van der Waals surface area contributed by atoms with Crippen molar-refractivity contribution in [3.63, 3.8) is 0 Å². The summed E-state index contributed by atoms with van der Waals surface area (Å²) in [5, 5.41) is 36.5. The molecule has 0 radical (unpaired) electrons. The summed E-state index contributed by atoms with van der Waals surface area (Å²) in [5.41, 5.74) is 6.99. The Kier molecular flexibility index (Phi) is 14.6. The van der Waals surface area contributed by atoms with Gasteiger partial charge in [0.25, 0.3) is 0 Å². The number of phenols is 2. The van der Waals surface area contributed by atoms with Crippen LogP contribution in [0.25, 0.3) is 32.3 Å². The van der Waals surface area contributed by atoms with Crippen LogP contribution in [0.4, 0.5) is 32.5 Å². The lowest BCUT2D eigenvalue weighted by atomic mass is 9.93. The van der Waals surface area contributed by atoms with Gasteiger partial charge in [-0.3, -0.25) is 15.5 Å². The van der Waals surface area contributed by atoms with Crippen LogP contribution in [0.2, 0.25) is 0 Å². The molecule has 1 aromatic heterocycles. The minimum Gasteiger partial charge on any atom is -0.507 e. The number of nitrogens with two attached hydrogens (primary N) is 1. The molecular formula is C49H56N6O8. The second-order valence-corrected chi connectivity index (χ2v) is 16.9. The first kappa shape index (κ1) is 45.5. The van der Waals surface area contributed by atoms with Gasteiger partial charge in [0.05, 0.1) is 24.6 Å². The van der Waals surface area contributed by atoms with Crippen molar-refractivity contribution in [1.82, 2.24) is 10.1 Å². The number of aromatic hydroxyl groups is 2. The van der Waals surface area contributed by atoms with Gasteiger partial charge in [-0.05, 0) is 57.2 Å². The number of ether oxygens (including phenoxy) is 3. The van der Waals surface area contributed by atoms with Crippen molar-refractivity contribution in [2.75, 3.05) is 61.1 Å². The molecule has 3 amide bonds. The van der Waals surface area contributed by atoms with E-state index in [2.05, 4.69) is 26.0 Å². The number of rotatable bonds is 7. The van der Waals surface area contributed by atoms with Gasteiger partial charge in [0, 0.05) is 69.1 Å². The van der Waals surface area contributed by atoms with E-state index in [4.69, 9.17) is 24.5 Å². The van der Waals surface area contributed by atoms with E-state index in [0.717, 1.165) is 65.5 Å². The number of hydrogen-bond donors (Lipinski definition) is 6. The normalized spacial score (nSPS) is 13.0. The summed E-state index contributed by atoms with van der Waals surface area (Å²) in [6, 6.07) is 34.3. The van der Waals surface area contributed by atoms with Gasteiger partial charge in [-0.25, -0.2) is 9.59 Å². The zero-order valence-corrected chi connectivity index (χ0v) is 36.5. The van der Waals surface area contributed by atoms with Crippen LogP contribution in [0, 0.1) is 0 Å². The summed E-state index contributed by atoms with van der Waals surface area (Å²) in [5.74, 6) is 2.34. The lowest BCUT2D eigenvalue weighted by Gasteiger charge is -2.26. The van der Waals surface area contributed by atoms with Crippen molar-refractivity contribution in [3.8, 4) is 17.2 Å². The smallest absolute Gasteiger partial charge is 0.412 e. The molecule has 330 valence electrons. The quantitative estimate of drug-likeness (QED) is 0.0660. The molecule has 14 heteroatoms. The summed E-state index contributed by atoms with van der Waals surface area (Å²) in [7, 11) is 0. The van der Waals surface area contributed by atoms with Crippen molar-refractivity contribution >= 4 is 67.3 Å². The molecule has 0 unspecified atom stereocenters. The monoisotopic (exact) mass is 856 g/mol. The standard InChI is InChI=1S/C24H30N4O4.C15H17NO3.C10H9NO/c1-24(2,3)21-16-22(27-32-21)26-23(29)25-19-8-9-20(18-7-5-4-6-17(18)19)31-15-12-28-10-13-30-14-11-28;1-15(2,3)19-14(18)16-12-8-9-13(17)11-7-5-4-6-10(11)12;11-9-5-6-10(12)8-4-2-1-3-7(8)9/h4-9,16H,10-15H2,1-3H3,(H2,25,26,27,29);4-9,17H,1-3H3,(H,16,18);1-6,12H,11H2. The SMILES string of the molecule is CC(C)(C)OC(=O)Nc1ccc(O)c2ccccc12.CC(C)(C)c1cc(NC(=O)Nc2ccc(OCCN3CCOCC3)c3ccccc23)no1.Nc1ccc(O)c2ccccc12. The maximum atomic E-state index is 12.6. The topological polar surface area (TPSA) is 194 Å². The number of carbonyl (C=O) groups excluding carboxylic acids is 2. The summed E-state index contributed by atoms with van der Waals surface area (Å²) in [6.07, 6.45) is -0.511. The first-order chi connectivity index (χ1) is 30.1. The number of benzene rings is 6. The largest absolute Gasteiger partial charge is 0.507 e. The summed E-state index contributed by atoms with van der Waals surface area (Å²) in [6.45, 7) is 16.4. The van der Waals surface area contributed by atoms with Crippen molar-refractivity contribution in [1.29, 1.82) is 0 Å². The number of anilines is 4. The first-order valence-electron chi connectivity index (χ1n) is 20.7.